The first-order chi connectivity index (χ1) is 9.52. The van der Waals surface area contributed by atoms with Crippen LogP contribution in [0, 0.1) is 6.92 Å². The summed E-state index contributed by atoms with van der Waals surface area (Å²) in [5, 5.41) is 0.212. The fourth-order valence-electron chi connectivity index (χ4n) is 1.89. The van der Waals surface area contributed by atoms with E-state index in [-0.39, 0.29) is 11.1 Å². The van der Waals surface area contributed by atoms with Gasteiger partial charge in [-0.05, 0) is 48.0 Å². The van der Waals surface area contributed by atoms with Crippen LogP contribution in [0.1, 0.15) is 22.8 Å². The van der Waals surface area contributed by atoms with Crippen molar-refractivity contribution in [2.75, 3.05) is 11.4 Å². The molecular formula is C15H14BrClN2O. The van der Waals surface area contributed by atoms with Crippen molar-refractivity contribution in [2.24, 2.45) is 0 Å². The Hall–Kier alpha value is -1.39. The van der Waals surface area contributed by atoms with Crippen LogP contribution < -0.4 is 4.90 Å². The number of aromatic nitrogens is 1. The van der Waals surface area contributed by atoms with E-state index in [2.05, 4.69) is 20.9 Å². The lowest BCUT2D eigenvalue weighted by molar-refractivity contribution is 0.0988. The van der Waals surface area contributed by atoms with Gasteiger partial charge in [0.25, 0.3) is 5.91 Å². The SMILES string of the molecule is CCN(C(=O)c1cc(Br)cnc1Cl)c1ccc(C)cc1. The van der Waals surface area contributed by atoms with Crippen LogP contribution in [0.5, 0.6) is 0 Å². The predicted octanol–water partition coefficient (Wildman–Crippen LogP) is 4.47. The van der Waals surface area contributed by atoms with E-state index in [9.17, 15) is 4.79 Å². The molecule has 1 amide bonds. The van der Waals surface area contributed by atoms with E-state index in [1.807, 2.05) is 38.1 Å². The van der Waals surface area contributed by atoms with Crippen LogP contribution in [-0.4, -0.2) is 17.4 Å². The van der Waals surface area contributed by atoms with Crippen LogP contribution in [0.2, 0.25) is 5.15 Å². The van der Waals surface area contributed by atoms with Gasteiger partial charge in [-0.15, -0.1) is 0 Å². The van der Waals surface area contributed by atoms with Crippen molar-refractivity contribution in [1.82, 2.24) is 4.98 Å². The lowest BCUT2D eigenvalue weighted by Crippen LogP contribution is -2.31. The number of anilines is 1. The molecule has 0 atom stereocenters. The van der Waals surface area contributed by atoms with Crippen LogP contribution in [0.3, 0.4) is 0 Å². The molecule has 2 aromatic rings. The zero-order chi connectivity index (χ0) is 14.7. The molecule has 0 aliphatic heterocycles. The molecule has 0 saturated carbocycles. The lowest BCUT2D eigenvalue weighted by Gasteiger charge is -2.21. The van der Waals surface area contributed by atoms with Crippen LogP contribution in [0.25, 0.3) is 0 Å². The number of carbonyl (C=O) groups excluding carboxylic acids is 1. The average molecular weight is 354 g/mol. The maximum atomic E-state index is 12.6. The number of benzene rings is 1. The standard InChI is InChI=1S/C15H14BrClN2O/c1-3-19(12-6-4-10(2)5-7-12)15(20)13-8-11(16)9-18-14(13)17/h4-9H,3H2,1-2H3. The van der Waals surface area contributed by atoms with Crippen LogP contribution >= 0.6 is 27.5 Å². The highest BCUT2D eigenvalue weighted by Crippen LogP contribution is 2.23. The normalized spacial score (nSPS) is 10.4. The summed E-state index contributed by atoms with van der Waals surface area (Å²) in [5.41, 5.74) is 2.39. The summed E-state index contributed by atoms with van der Waals surface area (Å²) in [6, 6.07) is 9.50. The lowest BCUT2D eigenvalue weighted by atomic mass is 10.2. The molecule has 0 radical (unpaired) electrons. The number of amides is 1. The largest absolute Gasteiger partial charge is 0.309 e. The highest BCUT2D eigenvalue weighted by molar-refractivity contribution is 9.10. The molecule has 0 fully saturated rings. The molecule has 0 bridgehead atoms. The van der Waals surface area contributed by atoms with Gasteiger partial charge in [0.2, 0.25) is 0 Å². The molecule has 0 N–H and O–H groups in total. The van der Waals surface area contributed by atoms with Gasteiger partial charge >= 0.3 is 0 Å². The first-order valence-electron chi connectivity index (χ1n) is 6.22. The maximum absolute atomic E-state index is 12.6. The molecule has 0 unspecified atom stereocenters. The van der Waals surface area contributed by atoms with Crippen molar-refractivity contribution < 1.29 is 4.79 Å². The average Bonchev–Trinajstić information content (AvgIpc) is 2.44. The van der Waals surface area contributed by atoms with Gasteiger partial charge in [0.1, 0.15) is 5.15 Å². The van der Waals surface area contributed by atoms with Gasteiger partial charge in [-0.2, -0.15) is 0 Å². The molecule has 104 valence electrons. The summed E-state index contributed by atoms with van der Waals surface area (Å²) in [7, 11) is 0. The summed E-state index contributed by atoms with van der Waals surface area (Å²) in [5.74, 6) is -0.157. The Labute approximate surface area is 131 Å². The van der Waals surface area contributed by atoms with Crippen LogP contribution in [0.4, 0.5) is 5.69 Å². The minimum atomic E-state index is -0.157. The van der Waals surface area contributed by atoms with Crippen molar-refractivity contribution >= 4 is 39.1 Å². The molecule has 0 aliphatic carbocycles. The third-order valence-electron chi connectivity index (χ3n) is 2.94. The van der Waals surface area contributed by atoms with Crippen LogP contribution in [0.15, 0.2) is 41.0 Å². The molecule has 1 aromatic heterocycles. The van der Waals surface area contributed by atoms with E-state index in [0.29, 0.717) is 12.1 Å². The number of hydrogen-bond donors (Lipinski definition) is 0. The highest BCUT2D eigenvalue weighted by atomic mass is 79.9. The van der Waals surface area contributed by atoms with E-state index in [4.69, 9.17) is 11.6 Å². The minimum Gasteiger partial charge on any atom is -0.309 e. The van der Waals surface area contributed by atoms with Crippen molar-refractivity contribution in [3.05, 3.63) is 57.3 Å². The second-order valence-electron chi connectivity index (χ2n) is 4.38. The molecule has 0 spiro atoms. The first kappa shape index (κ1) is 15.0. The number of nitrogens with zero attached hydrogens (tertiary/aromatic N) is 2. The quantitative estimate of drug-likeness (QED) is 0.763. The Morgan fingerprint density at radius 3 is 2.60 bits per heavy atom. The fourth-order valence-corrected chi connectivity index (χ4v) is 2.40. The second kappa shape index (κ2) is 6.37. The monoisotopic (exact) mass is 352 g/mol. The Kier molecular flexibility index (Phi) is 4.78. The minimum absolute atomic E-state index is 0.157. The number of halogens is 2. The Balaban J connectivity index is 2.38. The predicted molar refractivity (Wildman–Crippen MR) is 85.5 cm³/mol. The third-order valence-corrected chi connectivity index (χ3v) is 3.68. The highest BCUT2D eigenvalue weighted by Gasteiger charge is 2.19. The van der Waals surface area contributed by atoms with Crippen molar-refractivity contribution in [3.63, 3.8) is 0 Å². The van der Waals surface area contributed by atoms with Gasteiger partial charge in [0.15, 0.2) is 0 Å². The summed E-state index contributed by atoms with van der Waals surface area (Å²) in [6.07, 6.45) is 1.57. The van der Waals surface area contributed by atoms with Gasteiger partial charge in [-0.3, -0.25) is 4.79 Å². The van der Waals surface area contributed by atoms with Gasteiger partial charge < -0.3 is 4.90 Å². The molecule has 1 heterocycles. The number of aryl methyl sites for hydroxylation is 1. The molecule has 5 heteroatoms. The smallest absolute Gasteiger partial charge is 0.261 e. The molecule has 20 heavy (non-hydrogen) atoms. The molecule has 0 aliphatic rings. The zero-order valence-corrected chi connectivity index (χ0v) is 13.6. The summed E-state index contributed by atoms with van der Waals surface area (Å²) in [6.45, 7) is 4.50. The Bertz CT molecular complexity index is 628. The number of carbonyl (C=O) groups is 1. The number of hydrogen-bond acceptors (Lipinski definition) is 2. The fraction of sp³-hybridized carbons (Fsp3) is 0.200. The molecular weight excluding hydrogens is 340 g/mol. The van der Waals surface area contributed by atoms with Crippen LogP contribution in [-0.2, 0) is 0 Å². The van der Waals surface area contributed by atoms with Gasteiger partial charge in [0.05, 0.1) is 5.56 Å². The first-order valence-corrected chi connectivity index (χ1v) is 7.39. The zero-order valence-electron chi connectivity index (χ0n) is 11.2. The van der Waals surface area contributed by atoms with Gasteiger partial charge in [-0.25, -0.2) is 4.98 Å². The van der Waals surface area contributed by atoms with Gasteiger partial charge in [0, 0.05) is 22.9 Å². The van der Waals surface area contributed by atoms with Crippen molar-refractivity contribution in [2.45, 2.75) is 13.8 Å². The van der Waals surface area contributed by atoms with E-state index >= 15 is 0 Å². The molecule has 1 aromatic carbocycles. The van der Waals surface area contributed by atoms with E-state index in [1.165, 1.54) is 0 Å². The molecule has 3 nitrogen and oxygen atoms in total. The van der Waals surface area contributed by atoms with Crippen molar-refractivity contribution in [3.8, 4) is 0 Å². The van der Waals surface area contributed by atoms with Gasteiger partial charge in [-0.1, -0.05) is 29.3 Å². The summed E-state index contributed by atoms with van der Waals surface area (Å²) < 4.78 is 0.727. The van der Waals surface area contributed by atoms with Crippen molar-refractivity contribution in [1.29, 1.82) is 0 Å². The number of rotatable bonds is 3. The topological polar surface area (TPSA) is 33.2 Å². The second-order valence-corrected chi connectivity index (χ2v) is 5.65. The Morgan fingerprint density at radius 2 is 2.00 bits per heavy atom. The maximum Gasteiger partial charge on any atom is 0.261 e. The molecule has 2 rings (SSSR count). The van der Waals surface area contributed by atoms with E-state index in [0.717, 1.165) is 15.7 Å². The number of pyridine rings is 1. The summed E-state index contributed by atoms with van der Waals surface area (Å²) >= 11 is 9.33. The van der Waals surface area contributed by atoms with E-state index in [1.54, 1.807) is 17.2 Å². The molecule has 0 saturated heterocycles. The Morgan fingerprint density at radius 1 is 1.35 bits per heavy atom. The van der Waals surface area contributed by atoms with E-state index < -0.39 is 0 Å². The third kappa shape index (κ3) is 3.19. The summed E-state index contributed by atoms with van der Waals surface area (Å²) in [4.78, 5) is 18.3.